The number of rotatable bonds is 5. The van der Waals surface area contributed by atoms with E-state index >= 15 is 0 Å². The maximum Gasteiger partial charge on any atom is 0.338 e. The number of carbonyl (C=O) groups excluding carboxylic acids is 3. The van der Waals surface area contributed by atoms with Crippen LogP contribution in [-0.2, 0) is 19.1 Å². The average Bonchev–Trinajstić information content (AvgIpc) is 2.63. The van der Waals surface area contributed by atoms with E-state index in [0.717, 1.165) is 0 Å². The zero-order valence-electron chi connectivity index (χ0n) is 14.7. The van der Waals surface area contributed by atoms with Gasteiger partial charge in [0.2, 0.25) is 0 Å². The van der Waals surface area contributed by atoms with Crippen LogP contribution in [0, 0.1) is 5.92 Å². The predicted octanol–water partition coefficient (Wildman–Crippen LogP) is 3.34. The maximum absolute atomic E-state index is 12.5. The van der Waals surface area contributed by atoms with Gasteiger partial charge in [-0.2, -0.15) is 0 Å². The average molecular weight is 402 g/mol. The molecule has 1 aromatic rings. The third-order valence-electron chi connectivity index (χ3n) is 4.21. The summed E-state index contributed by atoms with van der Waals surface area (Å²) in [5.74, 6) is -1.35. The minimum Gasteiger partial charge on any atom is -0.466 e. The van der Waals surface area contributed by atoms with Crippen molar-refractivity contribution in [2.45, 2.75) is 32.8 Å². The van der Waals surface area contributed by atoms with Gasteiger partial charge in [-0.25, -0.2) is 4.79 Å². The summed E-state index contributed by atoms with van der Waals surface area (Å²) >= 11 is 11.7. The summed E-state index contributed by atoms with van der Waals surface area (Å²) in [6.07, 6.45) is 0.145. The van der Waals surface area contributed by atoms with Crippen LogP contribution in [0.15, 0.2) is 18.2 Å². The molecule has 0 aliphatic carbocycles. The Hall–Kier alpha value is -1.79. The van der Waals surface area contributed by atoms with Gasteiger partial charge < -0.3 is 14.4 Å². The number of esters is 2. The molecule has 142 valence electrons. The lowest BCUT2D eigenvalue weighted by molar-refractivity contribution is -0.152. The normalized spacial score (nSPS) is 16.1. The van der Waals surface area contributed by atoms with Crippen LogP contribution in [0.2, 0.25) is 10.0 Å². The summed E-state index contributed by atoms with van der Waals surface area (Å²) in [6.45, 7) is 4.49. The first-order valence-electron chi connectivity index (χ1n) is 8.45. The Labute approximate surface area is 162 Å². The molecule has 1 heterocycles. The molecule has 1 atom stereocenters. The van der Waals surface area contributed by atoms with Crippen LogP contribution in [0.3, 0.4) is 0 Å². The number of carbonyl (C=O) groups is 3. The second-order valence-corrected chi connectivity index (χ2v) is 6.84. The third-order valence-corrected chi connectivity index (χ3v) is 4.95. The molecule has 1 amide bonds. The predicted molar refractivity (Wildman–Crippen MR) is 97.3 cm³/mol. The van der Waals surface area contributed by atoms with Crippen molar-refractivity contribution < 1.29 is 23.9 Å². The molecule has 0 saturated carbocycles. The van der Waals surface area contributed by atoms with Crippen molar-refractivity contribution in [1.82, 2.24) is 4.90 Å². The molecule has 0 N–H and O–H groups in total. The molecule has 0 radical (unpaired) electrons. The zero-order valence-corrected chi connectivity index (χ0v) is 16.2. The first-order chi connectivity index (χ1) is 12.3. The summed E-state index contributed by atoms with van der Waals surface area (Å²) < 4.78 is 10.2. The molecule has 1 aliphatic heterocycles. The fourth-order valence-electron chi connectivity index (χ4n) is 2.75. The SMILES string of the molecule is CCOC(=O)C1CCN(C(=O)C(C)OC(=O)c2ccc(Cl)c(Cl)c2)CC1. The quantitative estimate of drug-likeness (QED) is 0.707. The Morgan fingerprint density at radius 2 is 1.85 bits per heavy atom. The molecule has 2 rings (SSSR count). The van der Waals surface area contributed by atoms with Gasteiger partial charge in [0.05, 0.1) is 28.1 Å². The lowest BCUT2D eigenvalue weighted by Gasteiger charge is -2.32. The van der Waals surface area contributed by atoms with Crippen molar-refractivity contribution in [3.63, 3.8) is 0 Å². The van der Waals surface area contributed by atoms with E-state index in [0.29, 0.717) is 37.6 Å². The van der Waals surface area contributed by atoms with Gasteiger partial charge in [-0.3, -0.25) is 9.59 Å². The van der Waals surface area contributed by atoms with Crippen molar-refractivity contribution in [1.29, 1.82) is 0 Å². The highest BCUT2D eigenvalue weighted by atomic mass is 35.5. The second kappa shape index (κ2) is 9.24. The van der Waals surface area contributed by atoms with Gasteiger partial charge in [0.15, 0.2) is 6.10 Å². The number of amides is 1. The minimum atomic E-state index is -0.934. The largest absolute Gasteiger partial charge is 0.466 e. The van der Waals surface area contributed by atoms with Gasteiger partial charge >= 0.3 is 11.9 Å². The Kier molecular flexibility index (Phi) is 7.29. The van der Waals surface area contributed by atoms with Crippen molar-refractivity contribution in [2.24, 2.45) is 5.92 Å². The van der Waals surface area contributed by atoms with Gasteiger partial charge in [-0.05, 0) is 44.9 Å². The molecule has 1 unspecified atom stereocenters. The number of likely N-dealkylation sites (tertiary alicyclic amines) is 1. The van der Waals surface area contributed by atoms with Crippen LogP contribution in [0.1, 0.15) is 37.0 Å². The van der Waals surface area contributed by atoms with E-state index in [2.05, 4.69) is 0 Å². The summed E-state index contributed by atoms with van der Waals surface area (Å²) in [7, 11) is 0. The van der Waals surface area contributed by atoms with E-state index in [4.69, 9.17) is 32.7 Å². The van der Waals surface area contributed by atoms with Gasteiger partial charge in [0.1, 0.15) is 0 Å². The topological polar surface area (TPSA) is 72.9 Å². The number of piperidine rings is 1. The minimum absolute atomic E-state index is 0.187. The molecular weight excluding hydrogens is 381 g/mol. The molecule has 6 nitrogen and oxygen atoms in total. The van der Waals surface area contributed by atoms with Crippen molar-refractivity contribution in [2.75, 3.05) is 19.7 Å². The van der Waals surface area contributed by atoms with E-state index in [1.807, 2.05) is 0 Å². The monoisotopic (exact) mass is 401 g/mol. The van der Waals surface area contributed by atoms with Crippen molar-refractivity contribution in [3.05, 3.63) is 33.8 Å². The van der Waals surface area contributed by atoms with Crippen LogP contribution in [-0.4, -0.2) is 48.5 Å². The lowest BCUT2D eigenvalue weighted by atomic mass is 9.97. The fraction of sp³-hybridized carbons (Fsp3) is 0.500. The summed E-state index contributed by atoms with van der Waals surface area (Å²) in [5.41, 5.74) is 0.222. The van der Waals surface area contributed by atoms with E-state index in [1.165, 1.54) is 25.1 Å². The van der Waals surface area contributed by atoms with Gasteiger partial charge in [0, 0.05) is 13.1 Å². The van der Waals surface area contributed by atoms with Crippen LogP contribution < -0.4 is 0 Å². The summed E-state index contributed by atoms with van der Waals surface area (Å²) in [4.78, 5) is 38.0. The van der Waals surface area contributed by atoms with Crippen LogP contribution in [0.4, 0.5) is 0 Å². The van der Waals surface area contributed by atoms with Crippen LogP contribution in [0.25, 0.3) is 0 Å². The molecule has 0 spiro atoms. The molecule has 26 heavy (non-hydrogen) atoms. The van der Waals surface area contributed by atoms with Crippen molar-refractivity contribution in [3.8, 4) is 0 Å². The number of benzene rings is 1. The van der Waals surface area contributed by atoms with E-state index in [-0.39, 0.29) is 28.4 Å². The lowest BCUT2D eigenvalue weighted by Crippen LogP contribution is -2.45. The number of hydrogen-bond donors (Lipinski definition) is 0. The van der Waals surface area contributed by atoms with E-state index < -0.39 is 12.1 Å². The first-order valence-corrected chi connectivity index (χ1v) is 9.20. The van der Waals surface area contributed by atoms with Gasteiger partial charge in [-0.15, -0.1) is 0 Å². The van der Waals surface area contributed by atoms with Gasteiger partial charge in [-0.1, -0.05) is 23.2 Å². The third kappa shape index (κ3) is 5.11. The number of halogens is 2. The van der Waals surface area contributed by atoms with E-state index in [9.17, 15) is 14.4 Å². The number of ether oxygens (including phenoxy) is 2. The van der Waals surface area contributed by atoms with Crippen molar-refractivity contribution >= 4 is 41.0 Å². The number of hydrogen-bond acceptors (Lipinski definition) is 5. The standard InChI is InChI=1S/C18H21Cl2NO5/c1-3-25-17(23)12-6-8-21(9-7-12)16(22)11(2)26-18(24)13-4-5-14(19)15(20)10-13/h4-5,10-12H,3,6-9H2,1-2H3. The maximum atomic E-state index is 12.5. The highest BCUT2D eigenvalue weighted by Crippen LogP contribution is 2.24. The molecule has 8 heteroatoms. The fourth-order valence-corrected chi connectivity index (χ4v) is 3.05. The second-order valence-electron chi connectivity index (χ2n) is 6.03. The number of nitrogens with zero attached hydrogens (tertiary/aromatic N) is 1. The molecular formula is C18H21Cl2NO5. The summed E-state index contributed by atoms with van der Waals surface area (Å²) in [6, 6.07) is 4.37. The Balaban J connectivity index is 1.88. The molecule has 1 saturated heterocycles. The Bertz CT molecular complexity index is 686. The van der Waals surface area contributed by atoms with Crippen LogP contribution in [0.5, 0.6) is 0 Å². The molecule has 0 aromatic heterocycles. The van der Waals surface area contributed by atoms with Crippen LogP contribution >= 0.6 is 23.2 Å². The molecule has 1 fully saturated rings. The zero-order chi connectivity index (χ0) is 19.3. The Morgan fingerprint density at radius 1 is 1.19 bits per heavy atom. The Morgan fingerprint density at radius 3 is 2.42 bits per heavy atom. The highest BCUT2D eigenvalue weighted by Gasteiger charge is 2.31. The molecule has 1 aromatic carbocycles. The molecule has 1 aliphatic rings. The highest BCUT2D eigenvalue weighted by molar-refractivity contribution is 6.42. The summed E-state index contributed by atoms with van der Waals surface area (Å²) in [5, 5.41) is 0.568. The van der Waals surface area contributed by atoms with Gasteiger partial charge in [0.25, 0.3) is 5.91 Å². The smallest absolute Gasteiger partial charge is 0.338 e. The van der Waals surface area contributed by atoms with E-state index in [1.54, 1.807) is 11.8 Å². The first kappa shape index (κ1) is 20.5. The molecule has 0 bridgehead atoms.